The molecule has 2 amide bonds. The zero-order valence-corrected chi connectivity index (χ0v) is 10.6. The molecule has 0 aliphatic carbocycles. The molecule has 7 heteroatoms. The van der Waals surface area contributed by atoms with Crippen molar-refractivity contribution in [3.63, 3.8) is 0 Å². The van der Waals surface area contributed by atoms with Gasteiger partial charge in [-0.15, -0.1) is 0 Å². The van der Waals surface area contributed by atoms with E-state index in [1.165, 1.54) is 15.8 Å². The number of H-pyrrole nitrogens is 1. The molecular formula is C13H12N4O3. The lowest BCUT2D eigenvalue weighted by atomic mass is 10.1. The van der Waals surface area contributed by atoms with Gasteiger partial charge in [-0.3, -0.25) is 19.1 Å². The van der Waals surface area contributed by atoms with Gasteiger partial charge >= 0.3 is 5.69 Å². The molecule has 1 aromatic heterocycles. The van der Waals surface area contributed by atoms with Crippen LogP contribution in [-0.4, -0.2) is 38.0 Å². The molecule has 102 valence electrons. The Hall–Kier alpha value is -2.70. The second kappa shape index (κ2) is 4.76. The molecule has 1 N–H and O–H groups in total. The van der Waals surface area contributed by atoms with Crippen molar-refractivity contribution < 1.29 is 9.59 Å². The Bertz CT molecular complexity index is 696. The van der Waals surface area contributed by atoms with Gasteiger partial charge in [-0.25, -0.2) is 9.89 Å². The van der Waals surface area contributed by atoms with Crippen LogP contribution < -0.4 is 5.69 Å². The van der Waals surface area contributed by atoms with Crippen LogP contribution in [0.2, 0.25) is 0 Å². The van der Waals surface area contributed by atoms with Crippen LogP contribution in [0.25, 0.3) is 0 Å². The first-order valence-electron chi connectivity index (χ1n) is 6.23. The molecule has 7 nitrogen and oxygen atoms in total. The summed E-state index contributed by atoms with van der Waals surface area (Å²) in [4.78, 5) is 36.6. The number of aromatic nitrogens is 3. The molecule has 1 aliphatic heterocycles. The molecular weight excluding hydrogens is 260 g/mol. The molecule has 3 rings (SSSR count). The predicted octanol–water partition coefficient (Wildman–Crippen LogP) is 0.258. The van der Waals surface area contributed by atoms with E-state index < -0.39 is 0 Å². The van der Waals surface area contributed by atoms with Gasteiger partial charge in [0.1, 0.15) is 6.33 Å². The number of carbonyl (C=O) groups excluding carboxylic acids is 2. The van der Waals surface area contributed by atoms with Crippen molar-refractivity contribution in [3.8, 4) is 0 Å². The van der Waals surface area contributed by atoms with Crippen LogP contribution >= 0.6 is 0 Å². The fourth-order valence-corrected chi connectivity index (χ4v) is 2.27. The van der Waals surface area contributed by atoms with Crippen molar-refractivity contribution in [2.45, 2.75) is 13.0 Å². The summed E-state index contributed by atoms with van der Waals surface area (Å²) in [6.45, 7) is 0.687. The number of aryl methyl sites for hydroxylation is 1. The number of nitrogens with one attached hydrogen (secondary N) is 1. The largest absolute Gasteiger partial charge is 0.343 e. The molecule has 1 aliphatic rings. The predicted molar refractivity (Wildman–Crippen MR) is 69.3 cm³/mol. The van der Waals surface area contributed by atoms with E-state index in [4.69, 9.17) is 0 Å². The summed E-state index contributed by atoms with van der Waals surface area (Å²) in [7, 11) is 0. The van der Waals surface area contributed by atoms with Gasteiger partial charge in [0.2, 0.25) is 0 Å². The third kappa shape index (κ3) is 1.93. The minimum atomic E-state index is -0.299. The monoisotopic (exact) mass is 272 g/mol. The van der Waals surface area contributed by atoms with Crippen molar-refractivity contribution >= 4 is 11.8 Å². The van der Waals surface area contributed by atoms with Crippen LogP contribution in [0.15, 0.2) is 35.4 Å². The fraction of sp³-hybridized carbons (Fsp3) is 0.231. The highest BCUT2D eigenvalue weighted by Crippen LogP contribution is 2.22. The van der Waals surface area contributed by atoms with E-state index >= 15 is 0 Å². The highest BCUT2D eigenvalue weighted by molar-refractivity contribution is 6.21. The molecule has 0 bridgehead atoms. The maximum absolute atomic E-state index is 12.1. The maximum Gasteiger partial charge on any atom is 0.343 e. The van der Waals surface area contributed by atoms with E-state index in [1.54, 1.807) is 24.3 Å². The highest BCUT2D eigenvalue weighted by atomic mass is 16.2. The second-order valence-electron chi connectivity index (χ2n) is 4.52. The molecule has 0 atom stereocenters. The van der Waals surface area contributed by atoms with Crippen LogP contribution in [0.1, 0.15) is 27.1 Å². The Morgan fingerprint density at radius 1 is 1.00 bits per heavy atom. The fourth-order valence-electron chi connectivity index (χ4n) is 2.27. The Morgan fingerprint density at radius 2 is 1.65 bits per heavy atom. The number of imide groups is 1. The number of nitrogens with zero attached hydrogens (tertiary/aromatic N) is 3. The summed E-state index contributed by atoms with van der Waals surface area (Å²) >= 11 is 0. The van der Waals surface area contributed by atoms with Crippen molar-refractivity contribution in [3.05, 3.63) is 52.2 Å². The smallest absolute Gasteiger partial charge is 0.282 e. The number of carbonyl (C=O) groups is 2. The van der Waals surface area contributed by atoms with E-state index in [2.05, 4.69) is 10.2 Å². The molecule has 2 aromatic rings. The van der Waals surface area contributed by atoms with Crippen molar-refractivity contribution in [2.75, 3.05) is 6.54 Å². The summed E-state index contributed by atoms with van der Waals surface area (Å²) in [6.07, 6.45) is 1.90. The molecule has 0 saturated heterocycles. The number of fused-ring (bicyclic) bond motifs is 1. The van der Waals surface area contributed by atoms with E-state index in [9.17, 15) is 14.4 Å². The third-order valence-corrected chi connectivity index (χ3v) is 3.28. The molecule has 0 fully saturated rings. The lowest BCUT2D eigenvalue weighted by Gasteiger charge is -2.13. The summed E-state index contributed by atoms with van der Waals surface area (Å²) in [5, 5.41) is 5.90. The Balaban J connectivity index is 1.68. The first-order chi connectivity index (χ1) is 9.68. The van der Waals surface area contributed by atoms with Gasteiger partial charge in [0.15, 0.2) is 0 Å². The summed E-state index contributed by atoms with van der Waals surface area (Å²) in [5.41, 5.74) is 0.586. The zero-order chi connectivity index (χ0) is 14.1. The van der Waals surface area contributed by atoms with Crippen LogP contribution in [0.5, 0.6) is 0 Å². The van der Waals surface area contributed by atoms with Crippen LogP contribution in [0.3, 0.4) is 0 Å². The first kappa shape index (κ1) is 12.3. The number of hydrogen-bond acceptors (Lipinski definition) is 4. The van der Waals surface area contributed by atoms with Gasteiger partial charge < -0.3 is 0 Å². The van der Waals surface area contributed by atoms with Crippen molar-refractivity contribution in [1.29, 1.82) is 0 Å². The molecule has 0 saturated carbocycles. The Labute approximate surface area is 113 Å². The Kier molecular flexibility index (Phi) is 2.94. The molecule has 2 heterocycles. The zero-order valence-electron chi connectivity index (χ0n) is 10.6. The number of hydrogen-bond donors (Lipinski definition) is 1. The quantitative estimate of drug-likeness (QED) is 0.808. The second-order valence-corrected chi connectivity index (χ2v) is 4.52. The van der Waals surface area contributed by atoms with Crippen molar-refractivity contribution in [1.82, 2.24) is 19.7 Å². The van der Waals surface area contributed by atoms with Gasteiger partial charge in [-0.05, 0) is 18.6 Å². The lowest BCUT2D eigenvalue weighted by molar-refractivity contribution is 0.0650. The van der Waals surface area contributed by atoms with Gasteiger partial charge in [-0.2, -0.15) is 5.10 Å². The number of benzene rings is 1. The van der Waals surface area contributed by atoms with Gasteiger partial charge in [0, 0.05) is 13.1 Å². The minimum absolute atomic E-state index is 0.273. The molecule has 1 aromatic carbocycles. The van der Waals surface area contributed by atoms with Gasteiger partial charge in [0.05, 0.1) is 11.1 Å². The van der Waals surface area contributed by atoms with Crippen molar-refractivity contribution in [2.24, 2.45) is 0 Å². The summed E-state index contributed by atoms with van der Waals surface area (Å²) < 4.78 is 1.40. The molecule has 0 unspecified atom stereocenters. The molecule has 20 heavy (non-hydrogen) atoms. The highest BCUT2D eigenvalue weighted by Gasteiger charge is 2.34. The van der Waals surface area contributed by atoms with Crippen LogP contribution in [0, 0.1) is 0 Å². The number of aromatic amines is 1. The van der Waals surface area contributed by atoms with E-state index in [0.717, 1.165) is 0 Å². The number of rotatable bonds is 4. The van der Waals surface area contributed by atoms with E-state index in [-0.39, 0.29) is 24.0 Å². The molecule has 0 spiro atoms. The normalized spacial score (nSPS) is 13.9. The topological polar surface area (TPSA) is 88.1 Å². The van der Waals surface area contributed by atoms with Gasteiger partial charge in [0.25, 0.3) is 11.8 Å². The van der Waals surface area contributed by atoms with Crippen LogP contribution in [-0.2, 0) is 6.54 Å². The standard InChI is InChI=1S/C13H12N4O3/c18-11-9-4-1-2-5-10(9)12(19)17(11)7-3-6-16-8-14-15-13(16)20/h1-2,4-5,8H,3,6-7H2,(H,15,20). The Morgan fingerprint density at radius 3 is 2.20 bits per heavy atom. The van der Waals surface area contributed by atoms with E-state index in [1.807, 2.05) is 0 Å². The summed E-state index contributed by atoms with van der Waals surface area (Å²) in [6, 6.07) is 6.77. The number of amides is 2. The van der Waals surface area contributed by atoms with Gasteiger partial charge in [-0.1, -0.05) is 12.1 Å². The first-order valence-corrected chi connectivity index (χ1v) is 6.23. The lowest BCUT2D eigenvalue weighted by Crippen LogP contribution is -2.31. The van der Waals surface area contributed by atoms with E-state index in [0.29, 0.717) is 24.1 Å². The SMILES string of the molecule is O=C1c2ccccc2C(=O)N1CCCn1cn[nH]c1=O. The maximum atomic E-state index is 12.1. The molecule has 0 radical (unpaired) electrons. The average Bonchev–Trinajstić information content (AvgIpc) is 2.97. The minimum Gasteiger partial charge on any atom is -0.282 e. The third-order valence-electron chi connectivity index (χ3n) is 3.28. The average molecular weight is 272 g/mol. The summed E-state index contributed by atoms with van der Waals surface area (Å²) in [5.74, 6) is -0.546. The van der Waals surface area contributed by atoms with Crippen LogP contribution in [0.4, 0.5) is 0 Å².